The Labute approximate surface area is 74.8 Å². The van der Waals surface area contributed by atoms with Crippen LogP contribution in [-0.4, -0.2) is 0 Å². The Hall–Kier alpha value is -1.22. The van der Waals surface area contributed by atoms with Crippen LogP contribution in [0.4, 0.5) is 5.69 Å². The van der Waals surface area contributed by atoms with E-state index < -0.39 is 0 Å². The van der Waals surface area contributed by atoms with Crippen LogP contribution >= 0.6 is 11.3 Å². The fraction of sp³-hybridized carbons (Fsp3) is 0.111. The Morgan fingerprint density at radius 1 is 1.42 bits per heavy atom. The van der Waals surface area contributed by atoms with Crippen molar-refractivity contribution < 1.29 is 4.42 Å². The standard InChI is InChI=1S/C9H9NOS/c1-3-11-6-8(1)5-10-9-2-4-12-7-9/h1-4,6-7,10H,5H2. The van der Waals surface area contributed by atoms with Gasteiger partial charge in [0.2, 0.25) is 0 Å². The minimum absolute atomic E-state index is 0.827. The van der Waals surface area contributed by atoms with Crippen LogP contribution in [0.1, 0.15) is 5.56 Å². The third-order valence-corrected chi connectivity index (χ3v) is 2.28. The molecule has 0 saturated carbocycles. The molecule has 0 atom stereocenters. The molecule has 2 aromatic rings. The van der Waals surface area contributed by atoms with Crippen molar-refractivity contribution in [3.05, 3.63) is 41.0 Å². The summed E-state index contributed by atoms with van der Waals surface area (Å²) >= 11 is 1.69. The quantitative estimate of drug-likeness (QED) is 0.783. The Morgan fingerprint density at radius 2 is 2.42 bits per heavy atom. The third-order valence-electron chi connectivity index (χ3n) is 1.60. The highest BCUT2D eigenvalue weighted by molar-refractivity contribution is 7.08. The zero-order valence-corrected chi connectivity index (χ0v) is 7.30. The average molecular weight is 179 g/mol. The maximum atomic E-state index is 4.95. The molecule has 62 valence electrons. The molecular weight excluding hydrogens is 170 g/mol. The highest BCUT2D eigenvalue weighted by atomic mass is 32.1. The van der Waals surface area contributed by atoms with Gasteiger partial charge in [-0.1, -0.05) is 0 Å². The molecule has 12 heavy (non-hydrogen) atoms. The van der Waals surface area contributed by atoms with Gasteiger partial charge in [-0.3, -0.25) is 0 Å². The smallest absolute Gasteiger partial charge is 0.0952 e. The number of hydrogen-bond donors (Lipinski definition) is 1. The highest BCUT2D eigenvalue weighted by Crippen LogP contribution is 2.13. The van der Waals surface area contributed by atoms with Crippen molar-refractivity contribution in [2.45, 2.75) is 6.54 Å². The van der Waals surface area contributed by atoms with Crippen molar-refractivity contribution in [3.8, 4) is 0 Å². The van der Waals surface area contributed by atoms with Crippen LogP contribution < -0.4 is 5.32 Å². The molecule has 0 bridgehead atoms. The predicted octanol–water partition coefficient (Wildman–Crippen LogP) is 2.95. The van der Waals surface area contributed by atoms with Gasteiger partial charge in [-0.05, 0) is 17.5 Å². The minimum atomic E-state index is 0.827. The van der Waals surface area contributed by atoms with E-state index in [1.54, 1.807) is 23.9 Å². The lowest BCUT2D eigenvalue weighted by Gasteiger charge is -1.99. The maximum absolute atomic E-state index is 4.95. The van der Waals surface area contributed by atoms with Gasteiger partial charge in [0, 0.05) is 23.2 Å². The molecule has 2 nitrogen and oxygen atoms in total. The first-order valence-electron chi connectivity index (χ1n) is 3.72. The second kappa shape index (κ2) is 3.45. The lowest BCUT2D eigenvalue weighted by Crippen LogP contribution is -1.95. The van der Waals surface area contributed by atoms with E-state index >= 15 is 0 Å². The first kappa shape index (κ1) is 7.43. The molecule has 2 rings (SSSR count). The molecule has 0 aromatic carbocycles. The topological polar surface area (TPSA) is 25.2 Å². The second-order valence-electron chi connectivity index (χ2n) is 2.50. The van der Waals surface area contributed by atoms with Crippen molar-refractivity contribution >= 4 is 17.0 Å². The maximum Gasteiger partial charge on any atom is 0.0952 e. The van der Waals surface area contributed by atoms with Gasteiger partial charge in [-0.15, -0.1) is 0 Å². The lowest BCUT2D eigenvalue weighted by atomic mass is 10.3. The van der Waals surface area contributed by atoms with Gasteiger partial charge < -0.3 is 9.73 Å². The molecule has 0 aliphatic heterocycles. The summed E-state index contributed by atoms with van der Waals surface area (Å²) in [5, 5.41) is 7.41. The second-order valence-corrected chi connectivity index (χ2v) is 3.28. The molecule has 0 unspecified atom stereocenters. The van der Waals surface area contributed by atoms with Crippen LogP contribution in [-0.2, 0) is 6.54 Å². The first-order valence-corrected chi connectivity index (χ1v) is 4.66. The molecule has 1 N–H and O–H groups in total. The summed E-state index contributed by atoms with van der Waals surface area (Å²) in [6.45, 7) is 0.827. The van der Waals surface area contributed by atoms with E-state index in [4.69, 9.17) is 4.42 Å². The largest absolute Gasteiger partial charge is 0.472 e. The average Bonchev–Trinajstić information content (AvgIpc) is 2.74. The van der Waals surface area contributed by atoms with Gasteiger partial charge in [-0.2, -0.15) is 11.3 Å². The summed E-state index contributed by atoms with van der Waals surface area (Å²) in [6.07, 6.45) is 3.43. The van der Waals surface area contributed by atoms with E-state index in [-0.39, 0.29) is 0 Å². The highest BCUT2D eigenvalue weighted by Gasteiger charge is 1.94. The van der Waals surface area contributed by atoms with E-state index in [1.165, 1.54) is 11.3 Å². The van der Waals surface area contributed by atoms with E-state index in [1.807, 2.05) is 6.07 Å². The fourth-order valence-corrected chi connectivity index (χ4v) is 1.57. The Kier molecular flexibility index (Phi) is 2.14. The van der Waals surface area contributed by atoms with Crippen molar-refractivity contribution in [2.75, 3.05) is 5.32 Å². The Morgan fingerprint density at radius 3 is 3.08 bits per heavy atom. The predicted molar refractivity (Wildman–Crippen MR) is 50.4 cm³/mol. The van der Waals surface area contributed by atoms with Gasteiger partial charge in [0.15, 0.2) is 0 Å². The van der Waals surface area contributed by atoms with Gasteiger partial charge >= 0.3 is 0 Å². The zero-order chi connectivity index (χ0) is 8.23. The van der Waals surface area contributed by atoms with Gasteiger partial charge in [0.1, 0.15) is 0 Å². The number of furan rings is 1. The molecule has 0 fully saturated rings. The lowest BCUT2D eigenvalue weighted by molar-refractivity contribution is 0.564. The van der Waals surface area contributed by atoms with Gasteiger partial charge in [-0.25, -0.2) is 0 Å². The van der Waals surface area contributed by atoms with Gasteiger partial charge in [0.25, 0.3) is 0 Å². The van der Waals surface area contributed by atoms with E-state index in [0.717, 1.165) is 6.54 Å². The monoisotopic (exact) mass is 179 g/mol. The molecular formula is C9H9NOS. The van der Waals surface area contributed by atoms with Crippen LogP contribution in [0, 0.1) is 0 Å². The van der Waals surface area contributed by atoms with E-state index in [2.05, 4.69) is 22.1 Å². The summed E-state index contributed by atoms with van der Waals surface area (Å²) in [7, 11) is 0. The normalized spacial score (nSPS) is 10.0. The van der Waals surface area contributed by atoms with Gasteiger partial charge in [0.05, 0.1) is 12.5 Å². The van der Waals surface area contributed by atoms with E-state index in [9.17, 15) is 0 Å². The van der Waals surface area contributed by atoms with Crippen LogP contribution in [0.5, 0.6) is 0 Å². The van der Waals surface area contributed by atoms with Crippen molar-refractivity contribution in [2.24, 2.45) is 0 Å². The minimum Gasteiger partial charge on any atom is -0.472 e. The van der Waals surface area contributed by atoms with E-state index in [0.29, 0.717) is 0 Å². The SMILES string of the molecule is c1cc(CNc2ccsc2)co1. The molecule has 0 radical (unpaired) electrons. The number of nitrogens with one attached hydrogen (secondary N) is 1. The number of hydrogen-bond acceptors (Lipinski definition) is 3. The van der Waals surface area contributed by atoms with Crippen LogP contribution in [0.15, 0.2) is 39.8 Å². The third kappa shape index (κ3) is 1.68. The first-order chi connectivity index (χ1) is 5.95. The fourth-order valence-electron chi connectivity index (χ4n) is 0.962. The Bertz CT molecular complexity index is 278. The molecule has 0 aliphatic carbocycles. The summed E-state index contributed by atoms with van der Waals surface area (Å²) < 4.78 is 4.95. The summed E-state index contributed by atoms with van der Waals surface area (Å²) in [6, 6.07) is 4.02. The summed E-state index contributed by atoms with van der Waals surface area (Å²) in [5.41, 5.74) is 2.34. The number of thiophene rings is 1. The molecule has 0 saturated heterocycles. The summed E-state index contributed by atoms with van der Waals surface area (Å²) in [5.74, 6) is 0. The number of anilines is 1. The zero-order valence-electron chi connectivity index (χ0n) is 6.49. The molecule has 0 aliphatic rings. The molecule has 0 amide bonds. The molecule has 2 heterocycles. The van der Waals surface area contributed by atoms with Crippen LogP contribution in [0.2, 0.25) is 0 Å². The van der Waals surface area contributed by atoms with Crippen LogP contribution in [0.3, 0.4) is 0 Å². The number of rotatable bonds is 3. The molecule has 0 spiro atoms. The van der Waals surface area contributed by atoms with Crippen molar-refractivity contribution in [1.29, 1.82) is 0 Å². The Balaban J connectivity index is 1.91. The van der Waals surface area contributed by atoms with Crippen LogP contribution in [0.25, 0.3) is 0 Å². The summed E-state index contributed by atoms with van der Waals surface area (Å²) in [4.78, 5) is 0. The van der Waals surface area contributed by atoms with Crippen molar-refractivity contribution in [1.82, 2.24) is 0 Å². The molecule has 3 heteroatoms. The molecule has 2 aromatic heterocycles. The van der Waals surface area contributed by atoms with Crippen molar-refractivity contribution in [3.63, 3.8) is 0 Å².